The van der Waals surface area contributed by atoms with Gasteiger partial charge in [0, 0.05) is 4.47 Å². The lowest BCUT2D eigenvalue weighted by molar-refractivity contribution is -0.122. The van der Waals surface area contributed by atoms with Crippen LogP contribution in [-0.4, -0.2) is 17.8 Å². The Morgan fingerprint density at radius 2 is 1.56 bits per heavy atom. The molecule has 1 fully saturated rings. The molecule has 27 heavy (non-hydrogen) atoms. The van der Waals surface area contributed by atoms with Gasteiger partial charge in [0.2, 0.25) is 0 Å². The van der Waals surface area contributed by atoms with Crippen molar-refractivity contribution in [1.29, 1.82) is 0 Å². The predicted octanol–water partition coefficient (Wildman–Crippen LogP) is 4.27. The van der Waals surface area contributed by atoms with Crippen LogP contribution in [0.5, 0.6) is 0 Å². The van der Waals surface area contributed by atoms with Crippen LogP contribution >= 0.6 is 15.9 Å². The van der Waals surface area contributed by atoms with E-state index < -0.39 is 17.8 Å². The first kappa shape index (κ1) is 17.2. The molecule has 6 heteroatoms. The Morgan fingerprint density at radius 3 is 2.33 bits per heavy atom. The van der Waals surface area contributed by atoms with Crippen molar-refractivity contribution in [3.8, 4) is 0 Å². The van der Waals surface area contributed by atoms with Crippen molar-refractivity contribution >= 4 is 56.3 Å². The average molecular weight is 421 g/mol. The number of nitrogens with one attached hydrogen (secondary N) is 1. The van der Waals surface area contributed by atoms with E-state index in [-0.39, 0.29) is 5.57 Å². The lowest BCUT2D eigenvalue weighted by Gasteiger charge is -2.26. The van der Waals surface area contributed by atoms with Crippen LogP contribution in [0.2, 0.25) is 0 Å². The first-order valence-corrected chi connectivity index (χ1v) is 8.99. The monoisotopic (exact) mass is 420 g/mol. The van der Waals surface area contributed by atoms with Gasteiger partial charge in [-0.3, -0.25) is 14.9 Å². The number of imide groups is 2. The quantitative estimate of drug-likeness (QED) is 0.497. The van der Waals surface area contributed by atoms with E-state index >= 15 is 0 Å². The molecule has 0 spiro atoms. The highest BCUT2D eigenvalue weighted by atomic mass is 79.9. The maximum Gasteiger partial charge on any atom is 0.335 e. The Kier molecular flexibility index (Phi) is 4.33. The number of urea groups is 1. The Hall–Kier alpha value is -3.25. The highest BCUT2D eigenvalue weighted by molar-refractivity contribution is 9.10. The van der Waals surface area contributed by atoms with Crippen LogP contribution in [0.15, 0.2) is 76.8 Å². The summed E-state index contributed by atoms with van der Waals surface area (Å²) in [5, 5.41) is 4.15. The number of carbonyl (C=O) groups is 3. The van der Waals surface area contributed by atoms with Crippen molar-refractivity contribution in [2.24, 2.45) is 0 Å². The van der Waals surface area contributed by atoms with Gasteiger partial charge in [0.25, 0.3) is 11.8 Å². The van der Waals surface area contributed by atoms with Crippen LogP contribution in [0.1, 0.15) is 5.56 Å². The van der Waals surface area contributed by atoms with Crippen molar-refractivity contribution in [3.05, 3.63) is 82.3 Å². The third kappa shape index (κ3) is 3.15. The second kappa shape index (κ2) is 6.81. The Morgan fingerprint density at radius 1 is 0.852 bits per heavy atom. The maximum absolute atomic E-state index is 12.9. The molecular weight excluding hydrogens is 408 g/mol. The van der Waals surface area contributed by atoms with E-state index in [1.807, 2.05) is 42.5 Å². The van der Waals surface area contributed by atoms with Gasteiger partial charge in [0.05, 0.1) is 5.69 Å². The Labute approximate surface area is 163 Å². The van der Waals surface area contributed by atoms with Crippen molar-refractivity contribution in [3.63, 3.8) is 0 Å². The molecule has 1 aliphatic rings. The summed E-state index contributed by atoms with van der Waals surface area (Å²) >= 11 is 3.32. The number of hydrogen-bond acceptors (Lipinski definition) is 3. The Bertz CT molecular complexity index is 1110. The van der Waals surface area contributed by atoms with Crippen LogP contribution in [0, 0.1) is 0 Å². The summed E-state index contributed by atoms with van der Waals surface area (Å²) in [7, 11) is 0. The summed E-state index contributed by atoms with van der Waals surface area (Å²) < 4.78 is 0.818. The number of barbiturate groups is 1. The minimum atomic E-state index is -0.762. The molecule has 1 heterocycles. The van der Waals surface area contributed by atoms with Crippen LogP contribution in [0.4, 0.5) is 10.5 Å². The number of hydrogen-bond donors (Lipinski definition) is 1. The molecular formula is C21H13BrN2O3. The normalized spacial score (nSPS) is 16.1. The summed E-state index contributed by atoms with van der Waals surface area (Å²) in [5.74, 6) is -1.36. The third-order valence-electron chi connectivity index (χ3n) is 4.31. The number of fused-ring (bicyclic) bond motifs is 1. The molecule has 4 amide bonds. The molecule has 0 aliphatic carbocycles. The second-order valence-corrected chi connectivity index (χ2v) is 6.92. The SMILES string of the molecule is O=C1NC(=O)N(c2ccc(Br)cc2)C(=O)/C1=C\c1cccc2ccccc12. The fourth-order valence-electron chi connectivity index (χ4n) is 3.01. The van der Waals surface area contributed by atoms with E-state index in [1.54, 1.807) is 24.3 Å². The van der Waals surface area contributed by atoms with Crippen molar-refractivity contribution in [2.75, 3.05) is 4.90 Å². The largest absolute Gasteiger partial charge is 0.335 e. The molecule has 0 atom stereocenters. The molecule has 0 aromatic heterocycles. The van der Waals surface area contributed by atoms with Crippen LogP contribution in [-0.2, 0) is 9.59 Å². The number of carbonyl (C=O) groups excluding carboxylic acids is 3. The van der Waals surface area contributed by atoms with Crippen molar-refractivity contribution in [2.45, 2.75) is 0 Å². The fraction of sp³-hybridized carbons (Fsp3) is 0. The first-order valence-electron chi connectivity index (χ1n) is 8.19. The summed E-state index contributed by atoms with van der Waals surface area (Å²) in [6.45, 7) is 0. The van der Waals surface area contributed by atoms with Gasteiger partial charge in [-0.1, -0.05) is 58.4 Å². The lowest BCUT2D eigenvalue weighted by atomic mass is 10.0. The van der Waals surface area contributed by atoms with Gasteiger partial charge in [-0.25, -0.2) is 9.69 Å². The number of rotatable bonds is 2. The molecule has 0 radical (unpaired) electrons. The molecule has 132 valence electrons. The van der Waals surface area contributed by atoms with Gasteiger partial charge in [0.1, 0.15) is 5.57 Å². The lowest BCUT2D eigenvalue weighted by Crippen LogP contribution is -2.54. The zero-order chi connectivity index (χ0) is 19.0. The second-order valence-electron chi connectivity index (χ2n) is 6.00. The van der Waals surface area contributed by atoms with Crippen LogP contribution < -0.4 is 10.2 Å². The fourth-order valence-corrected chi connectivity index (χ4v) is 3.28. The standard InChI is InChI=1S/C21H13BrN2O3/c22-15-8-10-16(11-9-15)24-20(26)18(19(25)23-21(24)27)12-14-6-3-5-13-4-1-2-7-17(13)14/h1-12H,(H,23,25,27)/b18-12-. The predicted molar refractivity (Wildman–Crippen MR) is 107 cm³/mol. The minimum absolute atomic E-state index is 0.0890. The minimum Gasteiger partial charge on any atom is -0.273 e. The van der Waals surface area contributed by atoms with Gasteiger partial charge < -0.3 is 0 Å². The highest BCUT2D eigenvalue weighted by Gasteiger charge is 2.36. The van der Waals surface area contributed by atoms with Crippen molar-refractivity contribution in [1.82, 2.24) is 5.32 Å². The van der Waals surface area contributed by atoms with Crippen LogP contribution in [0.25, 0.3) is 16.8 Å². The van der Waals surface area contributed by atoms with E-state index in [1.165, 1.54) is 6.08 Å². The number of halogens is 1. The highest BCUT2D eigenvalue weighted by Crippen LogP contribution is 2.26. The number of amides is 4. The number of benzene rings is 3. The smallest absolute Gasteiger partial charge is 0.273 e. The summed E-state index contributed by atoms with van der Waals surface area (Å²) in [6, 6.07) is 19.3. The Balaban J connectivity index is 1.80. The van der Waals surface area contributed by atoms with Gasteiger partial charge in [-0.2, -0.15) is 0 Å². The van der Waals surface area contributed by atoms with Crippen molar-refractivity contribution < 1.29 is 14.4 Å². The van der Waals surface area contributed by atoms with Crippen LogP contribution in [0.3, 0.4) is 0 Å². The molecule has 0 bridgehead atoms. The van der Waals surface area contributed by atoms with E-state index in [2.05, 4.69) is 21.2 Å². The molecule has 4 rings (SSSR count). The van der Waals surface area contributed by atoms with E-state index in [0.717, 1.165) is 25.7 Å². The van der Waals surface area contributed by atoms with Gasteiger partial charge >= 0.3 is 6.03 Å². The van der Waals surface area contributed by atoms with E-state index in [4.69, 9.17) is 0 Å². The molecule has 3 aromatic carbocycles. The summed E-state index contributed by atoms with van der Waals surface area (Å²) in [5.41, 5.74) is 1.03. The zero-order valence-electron chi connectivity index (χ0n) is 14.0. The third-order valence-corrected chi connectivity index (χ3v) is 4.84. The van der Waals surface area contributed by atoms with E-state index in [0.29, 0.717) is 5.69 Å². The number of nitrogens with zero attached hydrogens (tertiary/aromatic N) is 1. The average Bonchev–Trinajstić information content (AvgIpc) is 2.66. The molecule has 1 N–H and O–H groups in total. The summed E-state index contributed by atoms with van der Waals surface area (Å²) in [4.78, 5) is 38.5. The molecule has 1 saturated heterocycles. The van der Waals surface area contributed by atoms with E-state index in [9.17, 15) is 14.4 Å². The van der Waals surface area contributed by atoms with Gasteiger partial charge in [0.15, 0.2) is 0 Å². The molecule has 3 aromatic rings. The molecule has 0 saturated carbocycles. The van der Waals surface area contributed by atoms with Gasteiger partial charge in [-0.15, -0.1) is 0 Å². The molecule has 5 nitrogen and oxygen atoms in total. The first-order chi connectivity index (χ1) is 13.0. The zero-order valence-corrected chi connectivity index (χ0v) is 15.6. The number of anilines is 1. The molecule has 0 unspecified atom stereocenters. The topological polar surface area (TPSA) is 66.5 Å². The molecule has 1 aliphatic heterocycles. The van der Waals surface area contributed by atoms with Gasteiger partial charge in [-0.05, 0) is 46.7 Å². The summed E-state index contributed by atoms with van der Waals surface area (Å²) in [6.07, 6.45) is 1.53. The maximum atomic E-state index is 12.9.